The molecule has 4 rings (SSSR count). The van der Waals surface area contributed by atoms with Crippen LogP contribution < -0.4 is 10.1 Å². The average molecular weight is 377 g/mol. The molecular formula is C24H28N2O2. The van der Waals surface area contributed by atoms with E-state index in [1.54, 1.807) is 0 Å². The van der Waals surface area contributed by atoms with Crippen LogP contribution in [0.2, 0.25) is 0 Å². The molecule has 0 spiro atoms. The van der Waals surface area contributed by atoms with E-state index in [9.17, 15) is 4.79 Å². The number of nitrogens with one attached hydrogen (secondary N) is 1. The molecule has 3 aromatic rings. The minimum Gasteiger partial charge on any atom is -0.493 e. The summed E-state index contributed by atoms with van der Waals surface area (Å²) >= 11 is 0. The van der Waals surface area contributed by atoms with Crippen LogP contribution in [-0.2, 0) is 30.6 Å². The first kappa shape index (κ1) is 18.6. The maximum atomic E-state index is 12.4. The lowest BCUT2D eigenvalue weighted by Crippen LogP contribution is -2.27. The molecule has 0 unspecified atom stereocenters. The van der Waals surface area contributed by atoms with Crippen molar-refractivity contribution in [1.29, 1.82) is 0 Å². The first-order valence-electron chi connectivity index (χ1n) is 10.2. The second-order valence-electron chi connectivity index (χ2n) is 8.03. The van der Waals surface area contributed by atoms with Gasteiger partial charge in [0.05, 0.1) is 13.0 Å². The van der Waals surface area contributed by atoms with Crippen molar-refractivity contribution in [3.05, 3.63) is 65.4 Å². The summed E-state index contributed by atoms with van der Waals surface area (Å²) < 4.78 is 7.87. The summed E-state index contributed by atoms with van der Waals surface area (Å²) in [6.07, 6.45) is 4.44. The van der Waals surface area contributed by atoms with Crippen LogP contribution in [0.4, 0.5) is 0 Å². The van der Waals surface area contributed by atoms with Gasteiger partial charge in [-0.2, -0.15) is 0 Å². The largest absolute Gasteiger partial charge is 0.493 e. The number of nitrogens with zero attached hydrogens (tertiary/aromatic N) is 1. The number of rotatable bonds is 7. The number of benzene rings is 2. The van der Waals surface area contributed by atoms with Crippen LogP contribution in [0.15, 0.2) is 48.7 Å². The van der Waals surface area contributed by atoms with Crippen LogP contribution in [0.25, 0.3) is 10.9 Å². The molecule has 0 fully saturated rings. The second-order valence-corrected chi connectivity index (χ2v) is 8.03. The quantitative estimate of drug-likeness (QED) is 0.674. The molecule has 0 radical (unpaired) electrons. The van der Waals surface area contributed by atoms with Crippen molar-refractivity contribution < 1.29 is 9.53 Å². The second kappa shape index (κ2) is 8.09. The number of ether oxygens (including phenoxy) is 1. The summed E-state index contributed by atoms with van der Waals surface area (Å²) in [4.78, 5) is 12.4. The summed E-state index contributed by atoms with van der Waals surface area (Å²) in [5.74, 6) is 1.63. The van der Waals surface area contributed by atoms with Crippen LogP contribution >= 0.6 is 0 Å². The van der Waals surface area contributed by atoms with E-state index in [-0.39, 0.29) is 5.91 Å². The molecule has 1 aromatic heterocycles. The Labute approximate surface area is 166 Å². The minimum absolute atomic E-state index is 0.0739. The monoisotopic (exact) mass is 376 g/mol. The van der Waals surface area contributed by atoms with Crippen LogP contribution in [-0.4, -0.2) is 23.6 Å². The van der Waals surface area contributed by atoms with Crippen molar-refractivity contribution in [3.8, 4) is 5.75 Å². The maximum Gasteiger partial charge on any atom is 0.224 e. The third kappa shape index (κ3) is 4.06. The van der Waals surface area contributed by atoms with E-state index in [2.05, 4.69) is 60.3 Å². The zero-order valence-electron chi connectivity index (χ0n) is 16.7. The number of hydrogen-bond donors (Lipinski definition) is 1. The molecule has 28 heavy (non-hydrogen) atoms. The Kier molecular flexibility index (Phi) is 5.38. The predicted octanol–water partition coefficient (Wildman–Crippen LogP) is 4.13. The van der Waals surface area contributed by atoms with Gasteiger partial charge in [-0.25, -0.2) is 0 Å². The lowest BCUT2D eigenvalue weighted by Gasteiger charge is -2.07. The summed E-state index contributed by atoms with van der Waals surface area (Å²) in [6, 6.07) is 14.6. The third-order valence-corrected chi connectivity index (χ3v) is 5.27. The molecule has 0 saturated heterocycles. The van der Waals surface area contributed by atoms with E-state index in [4.69, 9.17) is 4.74 Å². The highest BCUT2D eigenvalue weighted by Gasteiger charge is 2.14. The molecule has 2 heterocycles. The first-order chi connectivity index (χ1) is 13.6. The molecule has 0 atom stereocenters. The van der Waals surface area contributed by atoms with Gasteiger partial charge in [-0.05, 0) is 41.2 Å². The highest BCUT2D eigenvalue weighted by molar-refractivity contribution is 5.84. The summed E-state index contributed by atoms with van der Waals surface area (Å²) in [6.45, 7) is 6.88. The zero-order chi connectivity index (χ0) is 19.5. The van der Waals surface area contributed by atoms with E-state index in [1.165, 1.54) is 22.0 Å². The molecule has 1 amide bonds. The van der Waals surface area contributed by atoms with Gasteiger partial charge in [0.15, 0.2) is 0 Å². The van der Waals surface area contributed by atoms with Crippen molar-refractivity contribution in [3.63, 3.8) is 0 Å². The van der Waals surface area contributed by atoms with Gasteiger partial charge in [-0.3, -0.25) is 4.79 Å². The maximum absolute atomic E-state index is 12.4. The highest BCUT2D eigenvalue weighted by Crippen LogP contribution is 2.26. The van der Waals surface area contributed by atoms with Gasteiger partial charge < -0.3 is 14.6 Å². The fraction of sp³-hybridized carbons (Fsp3) is 0.375. The van der Waals surface area contributed by atoms with E-state index in [0.717, 1.165) is 37.3 Å². The van der Waals surface area contributed by atoms with Gasteiger partial charge in [0.2, 0.25) is 5.91 Å². The Morgan fingerprint density at radius 1 is 1.21 bits per heavy atom. The minimum atomic E-state index is 0.0739. The molecule has 0 bridgehead atoms. The number of aromatic nitrogens is 1. The van der Waals surface area contributed by atoms with Gasteiger partial charge >= 0.3 is 0 Å². The number of hydrogen-bond acceptors (Lipinski definition) is 2. The SMILES string of the molecule is CC(C)Cn1cc(CCNC(=O)Cc2ccc3c(c2)CCO3)c2ccccc21. The number of carbonyl (C=O) groups excluding carboxylic acids is 1. The van der Waals surface area contributed by atoms with E-state index >= 15 is 0 Å². The van der Waals surface area contributed by atoms with E-state index in [0.29, 0.717) is 18.9 Å². The number of carbonyl (C=O) groups is 1. The fourth-order valence-electron chi connectivity index (χ4n) is 4.00. The average Bonchev–Trinajstić information content (AvgIpc) is 3.26. The normalized spacial score (nSPS) is 13.0. The first-order valence-corrected chi connectivity index (χ1v) is 10.2. The number of amides is 1. The Balaban J connectivity index is 1.36. The predicted molar refractivity (Wildman–Crippen MR) is 113 cm³/mol. The van der Waals surface area contributed by atoms with Gasteiger partial charge in [0, 0.05) is 36.6 Å². The van der Waals surface area contributed by atoms with Gasteiger partial charge in [0.1, 0.15) is 5.75 Å². The van der Waals surface area contributed by atoms with Gasteiger partial charge in [-0.1, -0.05) is 44.2 Å². The molecule has 2 aromatic carbocycles. The van der Waals surface area contributed by atoms with Crippen molar-refractivity contribution >= 4 is 16.8 Å². The molecule has 1 aliphatic heterocycles. The molecule has 4 heteroatoms. The smallest absolute Gasteiger partial charge is 0.224 e. The molecular weight excluding hydrogens is 348 g/mol. The fourth-order valence-corrected chi connectivity index (χ4v) is 4.00. The van der Waals surface area contributed by atoms with Crippen molar-refractivity contribution in [1.82, 2.24) is 9.88 Å². The Hall–Kier alpha value is -2.75. The van der Waals surface area contributed by atoms with Crippen LogP contribution in [0.5, 0.6) is 5.75 Å². The van der Waals surface area contributed by atoms with Gasteiger partial charge in [0.25, 0.3) is 0 Å². The molecule has 0 saturated carbocycles. The van der Waals surface area contributed by atoms with Crippen LogP contribution in [0.1, 0.15) is 30.5 Å². The number of para-hydroxylation sites is 1. The Morgan fingerprint density at radius 3 is 2.93 bits per heavy atom. The van der Waals surface area contributed by atoms with Gasteiger partial charge in [-0.15, -0.1) is 0 Å². The van der Waals surface area contributed by atoms with Crippen LogP contribution in [0, 0.1) is 5.92 Å². The lowest BCUT2D eigenvalue weighted by molar-refractivity contribution is -0.120. The topological polar surface area (TPSA) is 43.3 Å². The molecule has 0 aliphatic carbocycles. The van der Waals surface area contributed by atoms with Crippen molar-refractivity contribution in [2.45, 2.75) is 39.7 Å². The summed E-state index contributed by atoms with van der Waals surface area (Å²) in [7, 11) is 0. The van der Waals surface area contributed by atoms with Crippen molar-refractivity contribution in [2.75, 3.05) is 13.2 Å². The Morgan fingerprint density at radius 2 is 2.07 bits per heavy atom. The molecule has 4 nitrogen and oxygen atoms in total. The van der Waals surface area contributed by atoms with Crippen LogP contribution in [0.3, 0.4) is 0 Å². The van der Waals surface area contributed by atoms with E-state index < -0.39 is 0 Å². The van der Waals surface area contributed by atoms with E-state index in [1.807, 2.05) is 12.1 Å². The summed E-state index contributed by atoms with van der Waals surface area (Å²) in [5.41, 5.74) is 4.84. The Bertz CT molecular complexity index is 987. The molecule has 146 valence electrons. The summed E-state index contributed by atoms with van der Waals surface area (Å²) in [5, 5.41) is 4.37. The van der Waals surface area contributed by atoms with Crippen molar-refractivity contribution in [2.24, 2.45) is 5.92 Å². The lowest BCUT2D eigenvalue weighted by atomic mass is 10.1. The highest BCUT2D eigenvalue weighted by atomic mass is 16.5. The molecule has 1 aliphatic rings. The third-order valence-electron chi connectivity index (χ3n) is 5.27. The standard InChI is InChI=1S/C24H28N2O2/c1-17(2)15-26-16-20(21-5-3-4-6-22(21)26)9-11-25-24(27)14-18-7-8-23-19(13-18)10-12-28-23/h3-8,13,16-17H,9-12,14-15H2,1-2H3,(H,25,27). The zero-order valence-corrected chi connectivity index (χ0v) is 16.7. The number of fused-ring (bicyclic) bond motifs is 2. The molecule has 1 N–H and O–H groups in total.